The number of H-pyrrole nitrogens is 1. The number of aromatic amines is 1. The summed E-state index contributed by atoms with van der Waals surface area (Å²) in [5.74, 6) is 0.398. The number of carbonyl (C=O) groups excluding carboxylic acids is 1. The number of aromatic nitrogens is 6. The number of hydrogen-bond acceptors (Lipinski definition) is 7. The Labute approximate surface area is 140 Å². The number of amides is 1. The van der Waals surface area contributed by atoms with Crippen molar-refractivity contribution < 1.29 is 4.79 Å². The molecule has 0 aliphatic heterocycles. The van der Waals surface area contributed by atoms with Crippen LogP contribution in [0.1, 0.15) is 17.1 Å². The van der Waals surface area contributed by atoms with Crippen molar-refractivity contribution in [1.29, 1.82) is 0 Å². The first-order valence-electron chi connectivity index (χ1n) is 7.12. The van der Waals surface area contributed by atoms with Crippen LogP contribution in [-0.4, -0.2) is 41.2 Å². The second-order valence-corrected chi connectivity index (χ2v) is 6.18. The molecule has 124 valence electrons. The number of hydrogen-bond donors (Lipinski definition) is 2. The number of aryl methyl sites for hydroxylation is 3. The van der Waals surface area contributed by atoms with Crippen LogP contribution in [0.25, 0.3) is 5.78 Å². The van der Waals surface area contributed by atoms with Gasteiger partial charge in [-0.2, -0.15) is 9.50 Å². The van der Waals surface area contributed by atoms with Gasteiger partial charge in [0, 0.05) is 23.1 Å². The van der Waals surface area contributed by atoms with Gasteiger partial charge in [-0.15, -0.1) is 5.10 Å². The summed E-state index contributed by atoms with van der Waals surface area (Å²) >= 11 is 1.13. The van der Waals surface area contributed by atoms with Gasteiger partial charge in [0.2, 0.25) is 5.91 Å². The summed E-state index contributed by atoms with van der Waals surface area (Å²) in [5.41, 5.74) is 2.06. The third-order valence-electron chi connectivity index (χ3n) is 3.06. The van der Waals surface area contributed by atoms with Crippen molar-refractivity contribution >= 4 is 29.4 Å². The number of anilines is 1. The Kier molecular flexibility index (Phi) is 4.30. The zero-order chi connectivity index (χ0) is 17.3. The molecule has 10 heteroatoms. The maximum atomic E-state index is 12.0. The van der Waals surface area contributed by atoms with Gasteiger partial charge in [-0.25, -0.2) is 9.97 Å². The number of nitrogens with zero attached hydrogens (tertiary/aromatic N) is 5. The lowest BCUT2D eigenvalue weighted by Crippen LogP contribution is -2.16. The summed E-state index contributed by atoms with van der Waals surface area (Å²) in [6.07, 6.45) is 0. The maximum Gasteiger partial charge on any atom is 0.254 e. The van der Waals surface area contributed by atoms with E-state index in [4.69, 9.17) is 0 Å². The van der Waals surface area contributed by atoms with Crippen molar-refractivity contribution in [1.82, 2.24) is 29.5 Å². The van der Waals surface area contributed by atoms with Crippen LogP contribution in [0.4, 0.5) is 5.95 Å². The molecule has 3 aromatic heterocycles. The predicted molar refractivity (Wildman–Crippen MR) is 89.2 cm³/mol. The minimum Gasteiger partial charge on any atom is -0.301 e. The molecule has 3 rings (SSSR count). The van der Waals surface area contributed by atoms with Crippen LogP contribution in [0.3, 0.4) is 0 Å². The summed E-state index contributed by atoms with van der Waals surface area (Å²) in [7, 11) is 0. The number of thioether (sulfide) groups is 1. The molecule has 0 saturated carbocycles. The Balaban J connectivity index is 1.68. The largest absolute Gasteiger partial charge is 0.301 e. The first-order chi connectivity index (χ1) is 11.4. The topological polar surface area (TPSA) is 118 Å². The predicted octanol–water partition coefficient (Wildman–Crippen LogP) is 0.864. The minimum atomic E-state index is -0.297. The average molecular weight is 345 g/mol. The normalized spacial score (nSPS) is 11.0. The number of nitrogens with one attached hydrogen (secondary N) is 2. The van der Waals surface area contributed by atoms with Gasteiger partial charge in [0.25, 0.3) is 17.3 Å². The molecule has 3 aromatic rings. The first-order valence-corrected chi connectivity index (χ1v) is 8.11. The van der Waals surface area contributed by atoms with Gasteiger partial charge in [0.15, 0.2) is 5.16 Å². The molecular formula is C14H15N7O2S. The zero-order valence-electron chi connectivity index (χ0n) is 13.3. The Hall–Kier alpha value is -2.75. The highest BCUT2D eigenvalue weighted by Gasteiger charge is 2.11. The zero-order valence-corrected chi connectivity index (χ0v) is 14.1. The van der Waals surface area contributed by atoms with Gasteiger partial charge in [0.05, 0.1) is 5.75 Å². The van der Waals surface area contributed by atoms with Crippen LogP contribution in [0.5, 0.6) is 0 Å². The van der Waals surface area contributed by atoms with Gasteiger partial charge in [0.1, 0.15) is 0 Å². The Morgan fingerprint density at radius 2 is 1.96 bits per heavy atom. The van der Waals surface area contributed by atoms with E-state index in [1.165, 1.54) is 6.07 Å². The lowest BCUT2D eigenvalue weighted by atomic mass is 10.4. The quantitative estimate of drug-likeness (QED) is 0.532. The number of carbonyl (C=O) groups is 1. The summed E-state index contributed by atoms with van der Waals surface area (Å²) < 4.78 is 1.56. The molecule has 0 radical (unpaired) electrons. The monoisotopic (exact) mass is 345 g/mol. The second-order valence-electron chi connectivity index (χ2n) is 5.21. The number of rotatable bonds is 4. The highest BCUT2D eigenvalue weighted by Crippen LogP contribution is 2.12. The molecule has 9 nitrogen and oxygen atoms in total. The fourth-order valence-electron chi connectivity index (χ4n) is 2.13. The molecule has 0 spiro atoms. The van der Waals surface area contributed by atoms with E-state index in [0.717, 1.165) is 23.1 Å². The minimum absolute atomic E-state index is 0.0768. The lowest BCUT2D eigenvalue weighted by Gasteiger charge is -2.01. The van der Waals surface area contributed by atoms with Crippen molar-refractivity contribution in [2.75, 3.05) is 11.1 Å². The van der Waals surface area contributed by atoms with E-state index >= 15 is 0 Å². The second kappa shape index (κ2) is 6.40. The van der Waals surface area contributed by atoms with E-state index in [-0.39, 0.29) is 23.2 Å². The standard InChI is InChI=1S/C14H15N7O2S/c1-7-4-9(3)21-13(15-7)19-12(20-21)17-11(23)6-24-14-16-8(2)5-10(22)18-14/h4-5H,6H2,1-3H3,(H,16,18,22)(H,17,20,23). The Bertz CT molecular complexity index is 979. The lowest BCUT2D eigenvalue weighted by molar-refractivity contribution is -0.113. The molecule has 1 amide bonds. The molecule has 0 atom stereocenters. The van der Waals surface area contributed by atoms with Crippen molar-refractivity contribution in [3.63, 3.8) is 0 Å². The van der Waals surface area contributed by atoms with E-state index in [1.54, 1.807) is 11.4 Å². The SMILES string of the molecule is Cc1cc(=O)[nH]c(SCC(=O)Nc2nc3nc(C)cc(C)n3n2)n1. The molecule has 0 aromatic carbocycles. The van der Waals surface area contributed by atoms with Crippen LogP contribution in [0.15, 0.2) is 22.1 Å². The van der Waals surface area contributed by atoms with Crippen molar-refractivity contribution in [3.05, 3.63) is 39.6 Å². The molecule has 0 bridgehead atoms. The van der Waals surface area contributed by atoms with Crippen LogP contribution < -0.4 is 10.9 Å². The Morgan fingerprint density at radius 1 is 1.21 bits per heavy atom. The van der Waals surface area contributed by atoms with Crippen LogP contribution in [0, 0.1) is 20.8 Å². The third kappa shape index (κ3) is 3.59. The highest BCUT2D eigenvalue weighted by atomic mass is 32.2. The van der Waals surface area contributed by atoms with Crippen molar-refractivity contribution in [2.24, 2.45) is 0 Å². The molecule has 2 N–H and O–H groups in total. The van der Waals surface area contributed by atoms with Gasteiger partial charge in [-0.1, -0.05) is 11.8 Å². The molecule has 0 unspecified atom stereocenters. The van der Waals surface area contributed by atoms with Crippen molar-refractivity contribution in [3.8, 4) is 0 Å². The summed E-state index contributed by atoms with van der Waals surface area (Å²) in [6, 6.07) is 3.27. The Morgan fingerprint density at radius 3 is 2.71 bits per heavy atom. The number of fused-ring (bicyclic) bond motifs is 1. The maximum absolute atomic E-state index is 12.0. The summed E-state index contributed by atoms with van der Waals surface area (Å²) in [5, 5.41) is 7.21. The molecule has 3 heterocycles. The van der Waals surface area contributed by atoms with Gasteiger partial charge >= 0.3 is 0 Å². The molecule has 24 heavy (non-hydrogen) atoms. The van der Waals surface area contributed by atoms with E-state index < -0.39 is 0 Å². The highest BCUT2D eigenvalue weighted by molar-refractivity contribution is 7.99. The van der Waals surface area contributed by atoms with Crippen LogP contribution >= 0.6 is 11.8 Å². The summed E-state index contributed by atoms with van der Waals surface area (Å²) in [6.45, 7) is 5.47. The van der Waals surface area contributed by atoms with E-state index in [0.29, 0.717) is 16.6 Å². The molecule has 0 fully saturated rings. The van der Waals surface area contributed by atoms with Gasteiger partial charge in [-0.05, 0) is 26.8 Å². The van der Waals surface area contributed by atoms with E-state index in [9.17, 15) is 9.59 Å². The fraction of sp³-hybridized carbons (Fsp3) is 0.286. The fourth-order valence-corrected chi connectivity index (χ4v) is 2.86. The van der Waals surface area contributed by atoms with Gasteiger partial charge in [-0.3, -0.25) is 14.9 Å². The third-order valence-corrected chi connectivity index (χ3v) is 3.93. The average Bonchev–Trinajstić information content (AvgIpc) is 2.86. The molecule has 0 aliphatic rings. The smallest absolute Gasteiger partial charge is 0.254 e. The molecule has 0 aliphatic carbocycles. The van der Waals surface area contributed by atoms with Crippen LogP contribution in [-0.2, 0) is 4.79 Å². The van der Waals surface area contributed by atoms with E-state index in [1.807, 2.05) is 19.9 Å². The molecule has 0 saturated heterocycles. The van der Waals surface area contributed by atoms with Crippen molar-refractivity contribution in [2.45, 2.75) is 25.9 Å². The van der Waals surface area contributed by atoms with Crippen LogP contribution in [0.2, 0.25) is 0 Å². The molecular weight excluding hydrogens is 330 g/mol. The first kappa shape index (κ1) is 16.1. The van der Waals surface area contributed by atoms with E-state index in [2.05, 4.69) is 30.4 Å². The summed E-state index contributed by atoms with van der Waals surface area (Å²) in [4.78, 5) is 38.6. The van der Waals surface area contributed by atoms with Gasteiger partial charge < -0.3 is 4.98 Å².